The van der Waals surface area contributed by atoms with Gasteiger partial charge in [0, 0.05) is 18.3 Å². The highest BCUT2D eigenvalue weighted by atomic mass is 19.1. The Labute approximate surface area is 113 Å². The van der Waals surface area contributed by atoms with E-state index in [-0.39, 0.29) is 0 Å². The molecule has 0 saturated carbocycles. The molecule has 2 rings (SSSR count). The lowest BCUT2D eigenvalue weighted by Gasteiger charge is -2.01. The molecule has 0 bridgehead atoms. The van der Waals surface area contributed by atoms with E-state index in [4.69, 9.17) is 0 Å². The molecule has 1 heterocycles. The normalized spacial score (nSPS) is 11.0. The third-order valence-electron chi connectivity index (χ3n) is 2.82. The largest absolute Gasteiger partial charge is 0.274 e. The standard InChI is InChI=1S/C13H12F2N4O/c1-8-9(7-17-19(8)2)6-16-18-13(20)11-5-10(14)3-4-12(11)15/h3-7H,1-2H3,(H,18,20). The highest BCUT2D eigenvalue weighted by molar-refractivity contribution is 5.95. The zero-order valence-corrected chi connectivity index (χ0v) is 10.9. The van der Waals surface area contributed by atoms with Crippen molar-refractivity contribution in [2.24, 2.45) is 12.1 Å². The summed E-state index contributed by atoms with van der Waals surface area (Å²) in [6.07, 6.45) is 2.96. The van der Waals surface area contributed by atoms with E-state index in [1.807, 2.05) is 6.92 Å². The van der Waals surface area contributed by atoms with Gasteiger partial charge in [0.15, 0.2) is 0 Å². The van der Waals surface area contributed by atoms with Crippen LogP contribution in [-0.2, 0) is 7.05 Å². The molecule has 0 aliphatic rings. The second kappa shape index (κ2) is 5.60. The van der Waals surface area contributed by atoms with Crippen molar-refractivity contribution >= 4 is 12.1 Å². The third-order valence-corrected chi connectivity index (χ3v) is 2.82. The molecular weight excluding hydrogens is 266 g/mol. The molecule has 0 saturated heterocycles. The van der Waals surface area contributed by atoms with Gasteiger partial charge in [0.25, 0.3) is 5.91 Å². The van der Waals surface area contributed by atoms with E-state index in [0.717, 1.165) is 23.9 Å². The number of carbonyl (C=O) groups excluding carboxylic acids is 1. The smallest absolute Gasteiger partial charge is 0.272 e. The molecule has 1 aromatic carbocycles. The number of aryl methyl sites for hydroxylation is 1. The minimum Gasteiger partial charge on any atom is -0.272 e. The summed E-state index contributed by atoms with van der Waals surface area (Å²) in [5.74, 6) is -2.32. The zero-order valence-electron chi connectivity index (χ0n) is 10.9. The van der Waals surface area contributed by atoms with Crippen molar-refractivity contribution in [2.75, 3.05) is 0 Å². The average Bonchev–Trinajstić information content (AvgIpc) is 2.73. The van der Waals surface area contributed by atoms with Crippen molar-refractivity contribution < 1.29 is 13.6 Å². The Hall–Kier alpha value is -2.57. The van der Waals surface area contributed by atoms with E-state index < -0.39 is 23.1 Å². The van der Waals surface area contributed by atoms with E-state index in [1.165, 1.54) is 6.21 Å². The van der Waals surface area contributed by atoms with Crippen molar-refractivity contribution in [2.45, 2.75) is 6.92 Å². The zero-order chi connectivity index (χ0) is 14.7. The van der Waals surface area contributed by atoms with Crippen LogP contribution in [0.3, 0.4) is 0 Å². The Balaban J connectivity index is 2.09. The van der Waals surface area contributed by atoms with Gasteiger partial charge in [0.1, 0.15) is 11.6 Å². The molecule has 0 radical (unpaired) electrons. The number of hydrogen-bond acceptors (Lipinski definition) is 3. The fourth-order valence-corrected chi connectivity index (χ4v) is 1.53. The van der Waals surface area contributed by atoms with E-state index in [2.05, 4.69) is 15.6 Å². The molecule has 0 atom stereocenters. The molecule has 0 aliphatic heterocycles. The summed E-state index contributed by atoms with van der Waals surface area (Å²) in [6, 6.07) is 2.64. The Bertz CT molecular complexity index is 679. The quantitative estimate of drug-likeness (QED) is 0.687. The minimum atomic E-state index is -0.820. The number of rotatable bonds is 3. The molecule has 1 aromatic heterocycles. The SMILES string of the molecule is Cc1c(C=NNC(=O)c2cc(F)ccc2F)cnn1C. The van der Waals surface area contributed by atoms with Crippen LogP contribution < -0.4 is 5.43 Å². The van der Waals surface area contributed by atoms with Gasteiger partial charge in [-0.25, -0.2) is 14.2 Å². The molecule has 20 heavy (non-hydrogen) atoms. The van der Waals surface area contributed by atoms with Crippen molar-refractivity contribution in [3.8, 4) is 0 Å². The number of halogens is 2. The Morgan fingerprint density at radius 2 is 2.20 bits per heavy atom. The van der Waals surface area contributed by atoms with Gasteiger partial charge in [-0.3, -0.25) is 9.48 Å². The first-order valence-corrected chi connectivity index (χ1v) is 5.76. The van der Waals surface area contributed by atoms with Crippen LogP contribution in [0.15, 0.2) is 29.5 Å². The van der Waals surface area contributed by atoms with Gasteiger partial charge in [-0.15, -0.1) is 0 Å². The highest BCUT2D eigenvalue weighted by Crippen LogP contribution is 2.09. The number of hydrazone groups is 1. The molecule has 1 amide bonds. The van der Waals surface area contributed by atoms with Gasteiger partial charge in [0.05, 0.1) is 18.0 Å². The number of carbonyl (C=O) groups is 1. The van der Waals surface area contributed by atoms with Crippen LogP contribution in [0.1, 0.15) is 21.6 Å². The first kappa shape index (κ1) is 13.9. The Morgan fingerprint density at radius 3 is 2.85 bits per heavy atom. The first-order chi connectivity index (χ1) is 9.49. The lowest BCUT2D eigenvalue weighted by atomic mass is 10.2. The van der Waals surface area contributed by atoms with Crippen LogP contribution in [0.2, 0.25) is 0 Å². The molecular formula is C13H12F2N4O. The van der Waals surface area contributed by atoms with E-state index in [0.29, 0.717) is 5.56 Å². The second-order valence-electron chi connectivity index (χ2n) is 4.13. The molecule has 104 valence electrons. The number of amides is 1. The molecule has 0 spiro atoms. The van der Waals surface area contributed by atoms with Gasteiger partial charge < -0.3 is 0 Å². The van der Waals surface area contributed by atoms with E-state index in [9.17, 15) is 13.6 Å². The van der Waals surface area contributed by atoms with Gasteiger partial charge in [-0.1, -0.05) is 0 Å². The topological polar surface area (TPSA) is 59.3 Å². The maximum atomic E-state index is 13.3. The Morgan fingerprint density at radius 1 is 1.45 bits per heavy atom. The molecule has 0 aliphatic carbocycles. The fraction of sp³-hybridized carbons (Fsp3) is 0.154. The fourth-order valence-electron chi connectivity index (χ4n) is 1.53. The highest BCUT2D eigenvalue weighted by Gasteiger charge is 2.12. The van der Waals surface area contributed by atoms with E-state index >= 15 is 0 Å². The molecule has 1 N–H and O–H groups in total. The van der Waals surface area contributed by atoms with Crippen molar-refractivity contribution in [1.29, 1.82) is 0 Å². The second-order valence-corrected chi connectivity index (χ2v) is 4.13. The number of nitrogens with one attached hydrogen (secondary N) is 1. The Kier molecular flexibility index (Phi) is 3.88. The average molecular weight is 278 g/mol. The number of hydrogen-bond donors (Lipinski definition) is 1. The van der Waals surface area contributed by atoms with Crippen LogP contribution in [0.5, 0.6) is 0 Å². The summed E-state index contributed by atoms with van der Waals surface area (Å²) in [5.41, 5.74) is 3.32. The van der Waals surface area contributed by atoms with Gasteiger partial charge in [-0.05, 0) is 25.1 Å². The van der Waals surface area contributed by atoms with Crippen LogP contribution >= 0.6 is 0 Å². The van der Waals surface area contributed by atoms with Gasteiger partial charge >= 0.3 is 0 Å². The van der Waals surface area contributed by atoms with Crippen molar-refractivity contribution in [1.82, 2.24) is 15.2 Å². The third kappa shape index (κ3) is 2.87. The number of aromatic nitrogens is 2. The molecule has 0 unspecified atom stereocenters. The summed E-state index contributed by atoms with van der Waals surface area (Å²) in [6.45, 7) is 1.84. The lowest BCUT2D eigenvalue weighted by molar-refractivity contribution is 0.0950. The molecule has 5 nitrogen and oxygen atoms in total. The lowest BCUT2D eigenvalue weighted by Crippen LogP contribution is -2.19. The predicted molar refractivity (Wildman–Crippen MR) is 69.4 cm³/mol. The minimum absolute atomic E-state index is 0.398. The maximum absolute atomic E-state index is 13.3. The predicted octanol–water partition coefficient (Wildman–Crippen LogP) is 1.77. The first-order valence-electron chi connectivity index (χ1n) is 5.76. The van der Waals surface area contributed by atoms with Gasteiger partial charge in [0.2, 0.25) is 0 Å². The number of benzene rings is 1. The van der Waals surface area contributed by atoms with Crippen LogP contribution in [-0.4, -0.2) is 21.9 Å². The van der Waals surface area contributed by atoms with Crippen LogP contribution in [0.4, 0.5) is 8.78 Å². The maximum Gasteiger partial charge on any atom is 0.274 e. The van der Waals surface area contributed by atoms with E-state index in [1.54, 1.807) is 17.9 Å². The number of nitrogens with zero attached hydrogens (tertiary/aromatic N) is 3. The summed E-state index contributed by atoms with van der Waals surface area (Å²) >= 11 is 0. The van der Waals surface area contributed by atoms with Crippen molar-refractivity contribution in [3.05, 3.63) is 52.9 Å². The van der Waals surface area contributed by atoms with Gasteiger partial charge in [-0.2, -0.15) is 10.2 Å². The molecule has 2 aromatic rings. The summed E-state index contributed by atoms with van der Waals surface area (Å²) in [4.78, 5) is 11.6. The van der Waals surface area contributed by atoms with Crippen LogP contribution in [0, 0.1) is 18.6 Å². The van der Waals surface area contributed by atoms with Crippen molar-refractivity contribution in [3.63, 3.8) is 0 Å². The molecule has 7 heteroatoms. The van der Waals surface area contributed by atoms with Crippen LogP contribution in [0.25, 0.3) is 0 Å². The molecule has 0 fully saturated rings. The monoisotopic (exact) mass is 278 g/mol. The summed E-state index contributed by atoms with van der Waals surface area (Å²) in [7, 11) is 1.77. The summed E-state index contributed by atoms with van der Waals surface area (Å²) in [5, 5.41) is 7.70. The summed E-state index contributed by atoms with van der Waals surface area (Å²) < 4.78 is 27.9.